The molecule has 1 aromatic rings. The predicted octanol–water partition coefficient (Wildman–Crippen LogP) is 1.24. The van der Waals surface area contributed by atoms with E-state index in [-0.39, 0.29) is 5.91 Å². The molecule has 3 heterocycles. The molecule has 0 atom stereocenters. The molecule has 0 spiro atoms. The molecule has 0 N–H and O–H groups in total. The first-order chi connectivity index (χ1) is 11.3. The van der Waals surface area contributed by atoms with Crippen molar-refractivity contribution in [3.05, 3.63) is 0 Å². The third-order valence-corrected chi connectivity index (χ3v) is 5.29. The molecule has 1 amide bonds. The number of ether oxygens (including phenoxy) is 1. The van der Waals surface area contributed by atoms with E-state index >= 15 is 0 Å². The summed E-state index contributed by atoms with van der Waals surface area (Å²) >= 11 is 1.50. The third kappa shape index (κ3) is 3.98. The van der Waals surface area contributed by atoms with Crippen LogP contribution in [0.4, 0.5) is 5.95 Å². The number of piperidine rings is 1. The number of hydrogen-bond donors (Lipinski definition) is 0. The van der Waals surface area contributed by atoms with E-state index in [2.05, 4.69) is 26.6 Å². The number of rotatable bonds is 5. The monoisotopic (exact) mass is 339 g/mol. The van der Waals surface area contributed by atoms with E-state index in [1.54, 1.807) is 0 Å². The minimum absolute atomic E-state index is 0.216. The first-order valence-electron chi connectivity index (χ1n) is 8.46. The molecule has 0 radical (unpaired) electrons. The van der Waals surface area contributed by atoms with E-state index in [9.17, 15) is 4.79 Å². The standard InChI is InChI=1S/C15H25N5O2S/c1-2-20-14(19-8-10-22-11-9-19)16-17-15(20)23-12-13(21)18-6-4-3-5-7-18/h2-12H2,1H3. The number of likely N-dealkylation sites (tertiary alicyclic amines) is 1. The topological polar surface area (TPSA) is 63.5 Å². The highest BCUT2D eigenvalue weighted by atomic mass is 32.2. The van der Waals surface area contributed by atoms with Gasteiger partial charge in [-0.2, -0.15) is 0 Å². The molecule has 2 aliphatic rings. The molecule has 7 nitrogen and oxygen atoms in total. The molecule has 1 aromatic heterocycles. The lowest BCUT2D eigenvalue weighted by molar-refractivity contribution is -0.129. The van der Waals surface area contributed by atoms with Crippen LogP contribution in [0.3, 0.4) is 0 Å². The van der Waals surface area contributed by atoms with Crippen LogP contribution in [-0.4, -0.2) is 70.7 Å². The summed E-state index contributed by atoms with van der Waals surface area (Å²) in [6.45, 7) is 7.84. The summed E-state index contributed by atoms with van der Waals surface area (Å²) in [5.74, 6) is 1.55. The van der Waals surface area contributed by atoms with Crippen LogP contribution >= 0.6 is 11.8 Å². The minimum atomic E-state index is 0.216. The summed E-state index contributed by atoms with van der Waals surface area (Å²) in [4.78, 5) is 16.5. The Balaban J connectivity index is 1.61. The zero-order chi connectivity index (χ0) is 16.1. The van der Waals surface area contributed by atoms with Crippen LogP contribution < -0.4 is 4.90 Å². The van der Waals surface area contributed by atoms with Gasteiger partial charge in [0.05, 0.1) is 19.0 Å². The number of amides is 1. The van der Waals surface area contributed by atoms with Gasteiger partial charge in [-0.25, -0.2) is 0 Å². The van der Waals surface area contributed by atoms with Crippen molar-refractivity contribution in [2.75, 3.05) is 50.0 Å². The Morgan fingerprint density at radius 1 is 1.13 bits per heavy atom. The van der Waals surface area contributed by atoms with E-state index in [1.807, 2.05) is 4.90 Å². The molecule has 128 valence electrons. The van der Waals surface area contributed by atoms with Crippen molar-refractivity contribution in [3.8, 4) is 0 Å². The summed E-state index contributed by atoms with van der Waals surface area (Å²) < 4.78 is 7.49. The molecule has 2 saturated heterocycles. The minimum Gasteiger partial charge on any atom is -0.378 e. The highest BCUT2D eigenvalue weighted by molar-refractivity contribution is 7.99. The number of anilines is 1. The van der Waals surface area contributed by atoms with Crippen LogP contribution in [-0.2, 0) is 16.1 Å². The summed E-state index contributed by atoms with van der Waals surface area (Å²) in [6, 6.07) is 0. The summed E-state index contributed by atoms with van der Waals surface area (Å²) in [6.07, 6.45) is 3.50. The van der Waals surface area contributed by atoms with Crippen molar-refractivity contribution >= 4 is 23.6 Å². The van der Waals surface area contributed by atoms with Gasteiger partial charge in [-0.15, -0.1) is 10.2 Å². The lowest BCUT2D eigenvalue weighted by Gasteiger charge is -2.28. The number of hydrogen-bond acceptors (Lipinski definition) is 6. The van der Waals surface area contributed by atoms with E-state index in [0.717, 1.165) is 69.9 Å². The van der Waals surface area contributed by atoms with E-state index < -0.39 is 0 Å². The quantitative estimate of drug-likeness (QED) is 0.752. The summed E-state index contributed by atoms with van der Waals surface area (Å²) in [5, 5.41) is 9.47. The Morgan fingerprint density at radius 2 is 1.87 bits per heavy atom. The van der Waals surface area contributed by atoms with Crippen molar-refractivity contribution in [3.63, 3.8) is 0 Å². The molecule has 8 heteroatoms. The zero-order valence-electron chi connectivity index (χ0n) is 13.7. The fraction of sp³-hybridized carbons (Fsp3) is 0.800. The van der Waals surface area contributed by atoms with Gasteiger partial charge in [-0.05, 0) is 26.2 Å². The van der Waals surface area contributed by atoms with Gasteiger partial charge in [0, 0.05) is 32.7 Å². The average Bonchev–Trinajstić information content (AvgIpc) is 3.04. The number of aromatic nitrogens is 3. The number of morpholine rings is 1. The van der Waals surface area contributed by atoms with Crippen LogP contribution in [0.25, 0.3) is 0 Å². The second-order valence-corrected chi connectivity index (χ2v) is 6.80. The van der Waals surface area contributed by atoms with Crippen molar-refractivity contribution in [2.24, 2.45) is 0 Å². The van der Waals surface area contributed by atoms with E-state index in [0.29, 0.717) is 5.75 Å². The van der Waals surface area contributed by atoms with Gasteiger partial charge < -0.3 is 14.5 Å². The molecule has 2 aliphatic heterocycles. The molecular formula is C15H25N5O2S. The maximum Gasteiger partial charge on any atom is 0.233 e. The van der Waals surface area contributed by atoms with Crippen LogP contribution in [0.1, 0.15) is 26.2 Å². The lowest BCUT2D eigenvalue weighted by atomic mass is 10.1. The molecule has 0 unspecified atom stereocenters. The number of nitrogens with zero attached hydrogens (tertiary/aromatic N) is 5. The van der Waals surface area contributed by atoms with Crippen molar-refractivity contribution in [1.82, 2.24) is 19.7 Å². The molecule has 23 heavy (non-hydrogen) atoms. The molecule has 0 saturated carbocycles. The molecular weight excluding hydrogens is 314 g/mol. The smallest absolute Gasteiger partial charge is 0.233 e. The zero-order valence-corrected chi connectivity index (χ0v) is 14.6. The van der Waals surface area contributed by atoms with Gasteiger partial charge in [0.1, 0.15) is 0 Å². The van der Waals surface area contributed by atoms with Gasteiger partial charge in [0.25, 0.3) is 0 Å². The van der Waals surface area contributed by atoms with Crippen LogP contribution in [0.2, 0.25) is 0 Å². The molecule has 0 aromatic carbocycles. The molecule has 0 aliphatic carbocycles. The van der Waals surface area contributed by atoms with Crippen molar-refractivity contribution in [1.29, 1.82) is 0 Å². The fourth-order valence-corrected chi connectivity index (χ4v) is 3.92. The normalized spacial score (nSPS) is 19.2. The van der Waals surface area contributed by atoms with Gasteiger partial charge >= 0.3 is 0 Å². The Labute approximate surface area is 141 Å². The highest BCUT2D eigenvalue weighted by Gasteiger charge is 2.22. The number of carbonyl (C=O) groups is 1. The van der Waals surface area contributed by atoms with Gasteiger partial charge in [-0.3, -0.25) is 9.36 Å². The molecule has 3 rings (SSSR count). The Hall–Kier alpha value is -1.28. The maximum absolute atomic E-state index is 12.3. The van der Waals surface area contributed by atoms with Crippen LogP contribution in [0.5, 0.6) is 0 Å². The maximum atomic E-state index is 12.3. The van der Waals surface area contributed by atoms with Gasteiger partial charge in [-0.1, -0.05) is 11.8 Å². The van der Waals surface area contributed by atoms with E-state index in [4.69, 9.17) is 4.74 Å². The lowest BCUT2D eigenvalue weighted by Crippen LogP contribution is -2.38. The van der Waals surface area contributed by atoms with Crippen LogP contribution in [0, 0.1) is 0 Å². The van der Waals surface area contributed by atoms with Gasteiger partial charge in [0.2, 0.25) is 11.9 Å². The number of thioether (sulfide) groups is 1. The third-order valence-electron chi connectivity index (χ3n) is 4.34. The van der Waals surface area contributed by atoms with E-state index in [1.165, 1.54) is 18.2 Å². The largest absolute Gasteiger partial charge is 0.378 e. The van der Waals surface area contributed by atoms with Crippen LogP contribution in [0.15, 0.2) is 5.16 Å². The molecule has 0 bridgehead atoms. The first kappa shape index (κ1) is 16.6. The first-order valence-corrected chi connectivity index (χ1v) is 9.44. The average molecular weight is 339 g/mol. The second kappa shape index (κ2) is 8.01. The fourth-order valence-electron chi connectivity index (χ4n) is 3.02. The van der Waals surface area contributed by atoms with Gasteiger partial charge in [0.15, 0.2) is 5.16 Å². The highest BCUT2D eigenvalue weighted by Crippen LogP contribution is 2.23. The summed E-state index contributed by atoms with van der Waals surface area (Å²) in [7, 11) is 0. The number of carbonyl (C=O) groups excluding carboxylic acids is 1. The Morgan fingerprint density at radius 3 is 2.57 bits per heavy atom. The second-order valence-electron chi connectivity index (χ2n) is 5.86. The SMILES string of the molecule is CCn1c(SCC(=O)N2CCCCC2)nnc1N1CCOCC1. The summed E-state index contributed by atoms with van der Waals surface area (Å²) in [5.41, 5.74) is 0. The van der Waals surface area contributed by atoms with Crippen molar-refractivity contribution in [2.45, 2.75) is 37.9 Å². The Bertz CT molecular complexity index is 524. The predicted molar refractivity (Wildman–Crippen MR) is 89.9 cm³/mol. The van der Waals surface area contributed by atoms with Crippen molar-refractivity contribution < 1.29 is 9.53 Å². The molecule has 2 fully saturated rings. The Kier molecular flexibility index (Phi) is 5.77.